The average Bonchev–Trinajstić information content (AvgIpc) is 2.57. The summed E-state index contributed by atoms with van der Waals surface area (Å²) < 4.78 is 47.8. The van der Waals surface area contributed by atoms with Crippen LogP contribution in [0.2, 0.25) is 0 Å². The first-order valence-corrected chi connectivity index (χ1v) is 9.37. The van der Waals surface area contributed by atoms with Crippen LogP contribution < -0.4 is 0 Å². The van der Waals surface area contributed by atoms with Gasteiger partial charge in [0.2, 0.25) is 15.3 Å². The van der Waals surface area contributed by atoms with E-state index in [-0.39, 0.29) is 30.2 Å². The summed E-state index contributed by atoms with van der Waals surface area (Å²) in [7, 11) is -6.78. The molecule has 1 unspecified atom stereocenters. The van der Waals surface area contributed by atoms with Crippen LogP contribution in [0, 0.1) is 0 Å². The summed E-state index contributed by atoms with van der Waals surface area (Å²) in [6.07, 6.45) is 0.0457. The number of nitrogens with zero attached hydrogens (tertiary/aromatic N) is 1. The number of halogens is 1. The molecule has 0 aromatic heterocycles. The molecule has 0 amide bonds. The van der Waals surface area contributed by atoms with Gasteiger partial charge in [-0.15, -0.1) is 0 Å². The van der Waals surface area contributed by atoms with E-state index in [1.807, 2.05) is 0 Å². The first-order chi connectivity index (χ1) is 8.18. The van der Waals surface area contributed by atoms with E-state index in [0.29, 0.717) is 6.42 Å². The van der Waals surface area contributed by atoms with Crippen molar-refractivity contribution in [2.24, 2.45) is 0 Å². The molecule has 18 heavy (non-hydrogen) atoms. The topological polar surface area (TPSA) is 88.6 Å². The highest BCUT2D eigenvalue weighted by Crippen LogP contribution is 2.21. The fourth-order valence-electron chi connectivity index (χ4n) is 2.01. The van der Waals surface area contributed by atoms with Crippen LogP contribution in [0.4, 0.5) is 0 Å². The van der Waals surface area contributed by atoms with Crippen LogP contribution in [0.25, 0.3) is 0 Å². The predicted octanol–water partition coefficient (Wildman–Crippen LogP) is -0.0193. The Morgan fingerprint density at radius 1 is 1.44 bits per heavy atom. The molecule has 1 fully saturated rings. The molecule has 1 heterocycles. The quantitative estimate of drug-likeness (QED) is 0.642. The van der Waals surface area contributed by atoms with Crippen molar-refractivity contribution in [1.82, 2.24) is 4.31 Å². The molecule has 1 aliphatic rings. The Kier molecular flexibility index (Phi) is 5.16. The summed E-state index contributed by atoms with van der Waals surface area (Å²) in [5, 5.41) is -0.714. The molecule has 1 rings (SSSR count). The second-order valence-electron chi connectivity index (χ2n) is 4.18. The summed E-state index contributed by atoms with van der Waals surface area (Å²) in [5.74, 6) is -0.507. The molecule has 6 nitrogen and oxygen atoms in total. The van der Waals surface area contributed by atoms with Gasteiger partial charge in [-0.3, -0.25) is 4.79 Å². The van der Waals surface area contributed by atoms with Crippen molar-refractivity contribution in [2.75, 3.05) is 23.8 Å². The number of carbonyl (C=O) groups excluding carboxylic acids is 1. The Morgan fingerprint density at radius 3 is 2.44 bits per heavy atom. The maximum Gasteiger partial charge on any atom is 0.222 e. The van der Waals surface area contributed by atoms with Crippen molar-refractivity contribution < 1.29 is 21.6 Å². The smallest absolute Gasteiger partial charge is 0.222 e. The molecular formula is C9H16ClNO5S2. The lowest BCUT2D eigenvalue weighted by Crippen LogP contribution is -2.42. The first-order valence-electron chi connectivity index (χ1n) is 5.56. The van der Waals surface area contributed by atoms with E-state index in [4.69, 9.17) is 11.6 Å². The third-order valence-corrected chi connectivity index (χ3v) is 6.77. The van der Waals surface area contributed by atoms with Crippen LogP contribution in [0.1, 0.15) is 19.8 Å². The molecule has 0 spiro atoms. The minimum Gasteiger partial charge on any atom is -0.281 e. The highest BCUT2D eigenvalue weighted by atomic mass is 35.5. The van der Waals surface area contributed by atoms with Gasteiger partial charge in [-0.05, 0) is 18.0 Å². The number of carbonyl (C=O) groups is 1. The van der Waals surface area contributed by atoms with Crippen LogP contribution in [-0.4, -0.2) is 56.2 Å². The van der Waals surface area contributed by atoms with Gasteiger partial charge in [-0.1, -0.05) is 6.92 Å². The monoisotopic (exact) mass is 317 g/mol. The van der Waals surface area contributed by atoms with Gasteiger partial charge in [-0.25, -0.2) is 16.8 Å². The van der Waals surface area contributed by atoms with E-state index < -0.39 is 31.1 Å². The van der Waals surface area contributed by atoms with Gasteiger partial charge in [0.15, 0.2) is 9.84 Å². The maximum atomic E-state index is 12.0. The fourth-order valence-corrected chi connectivity index (χ4v) is 5.75. The van der Waals surface area contributed by atoms with Crippen LogP contribution >= 0.6 is 11.6 Å². The number of hydrogen-bond acceptors (Lipinski definition) is 5. The molecule has 0 aromatic rings. The van der Waals surface area contributed by atoms with Gasteiger partial charge in [0, 0.05) is 19.0 Å². The predicted molar refractivity (Wildman–Crippen MR) is 68.7 cm³/mol. The molecule has 9 heteroatoms. The Bertz CT molecular complexity index is 513. The molecule has 0 radical (unpaired) electrons. The molecule has 1 aliphatic heterocycles. The van der Waals surface area contributed by atoms with Crippen molar-refractivity contribution in [2.45, 2.75) is 25.8 Å². The van der Waals surface area contributed by atoms with Gasteiger partial charge in [0.1, 0.15) is 0 Å². The molecule has 106 valence electrons. The molecule has 0 aromatic carbocycles. The summed E-state index contributed by atoms with van der Waals surface area (Å²) in [6.45, 7) is 1.84. The van der Waals surface area contributed by atoms with Crippen LogP contribution in [0.3, 0.4) is 0 Å². The number of sulfonamides is 1. The summed E-state index contributed by atoms with van der Waals surface area (Å²) in [4.78, 5) is 10.6. The van der Waals surface area contributed by atoms with Gasteiger partial charge in [0.25, 0.3) is 0 Å². The average molecular weight is 318 g/mol. The summed E-state index contributed by atoms with van der Waals surface area (Å²) in [6, 6.07) is -0.518. The molecule has 0 aliphatic carbocycles. The van der Waals surface area contributed by atoms with E-state index >= 15 is 0 Å². The Labute approximate surface area is 112 Å². The van der Waals surface area contributed by atoms with E-state index in [1.165, 1.54) is 0 Å². The molecule has 0 saturated carbocycles. The van der Waals surface area contributed by atoms with Crippen LogP contribution in [0.5, 0.6) is 0 Å². The van der Waals surface area contributed by atoms with Crippen LogP contribution in [-0.2, 0) is 24.7 Å². The first kappa shape index (κ1) is 15.9. The zero-order valence-electron chi connectivity index (χ0n) is 10.0. The van der Waals surface area contributed by atoms with Crippen molar-refractivity contribution in [3.05, 3.63) is 0 Å². The lowest BCUT2D eigenvalue weighted by atomic mass is 10.3. The summed E-state index contributed by atoms with van der Waals surface area (Å²) in [5.41, 5.74) is 0. The lowest BCUT2D eigenvalue weighted by molar-refractivity contribution is -0.111. The molecular weight excluding hydrogens is 302 g/mol. The van der Waals surface area contributed by atoms with Gasteiger partial charge in [-0.2, -0.15) is 4.31 Å². The molecule has 0 N–H and O–H groups in total. The van der Waals surface area contributed by atoms with E-state index in [9.17, 15) is 21.6 Å². The van der Waals surface area contributed by atoms with E-state index in [2.05, 4.69) is 0 Å². The minimum atomic E-state index is -3.64. The number of hydrogen-bond donors (Lipinski definition) is 0. The normalized spacial score (nSPS) is 23.4. The zero-order valence-corrected chi connectivity index (χ0v) is 12.4. The summed E-state index contributed by atoms with van der Waals surface area (Å²) >= 11 is 5.12. The Hall–Kier alpha value is -0.180. The fraction of sp³-hybridized carbons (Fsp3) is 0.889. The third kappa shape index (κ3) is 4.18. The number of rotatable bonds is 6. The third-order valence-electron chi connectivity index (χ3n) is 2.84. The van der Waals surface area contributed by atoms with Crippen molar-refractivity contribution in [3.8, 4) is 0 Å². The van der Waals surface area contributed by atoms with Gasteiger partial charge >= 0.3 is 0 Å². The standard InChI is InChI=1S/C9H16ClNO5S2/c1-2-11(8-3-5-17(13,14)7-8)18(15,16)6-4-9(10)12/h8H,2-7H2,1H3. The van der Waals surface area contributed by atoms with Crippen molar-refractivity contribution in [1.29, 1.82) is 0 Å². The van der Waals surface area contributed by atoms with Gasteiger partial charge < -0.3 is 0 Å². The number of sulfone groups is 1. The Balaban J connectivity index is 2.80. The SMILES string of the molecule is CCN(C1CCS(=O)(=O)C1)S(=O)(=O)CCC(=O)Cl. The van der Waals surface area contributed by atoms with Crippen molar-refractivity contribution >= 4 is 36.7 Å². The second kappa shape index (κ2) is 5.85. The molecule has 0 bridgehead atoms. The Morgan fingerprint density at radius 2 is 2.06 bits per heavy atom. The molecule has 1 saturated heterocycles. The lowest BCUT2D eigenvalue weighted by Gasteiger charge is -2.25. The highest BCUT2D eigenvalue weighted by molar-refractivity contribution is 7.92. The molecule has 1 atom stereocenters. The van der Waals surface area contributed by atoms with E-state index in [1.54, 1.807) is 6.92 Å². The van der Waals surface area contributed by atoms with E-state index in [0.717, 1.165) is 4.31 Å². The largest absolute Gasteiger partial charge is 0.281 e. The van der Waals surface area contributed by atoms with Crippen LogP contribution in [0.15, 0.2) is 0 Å². The maximum absolute atomic E-state index is 12.0. The van der Waals surface area contributed by atoms with Gasteiger partial charge in [0.05, 0.1) is 17.3 Å². The minimum absolute atomic E-state index is 0.0120. The highest BCUT2D eigenvalue weighted by Gasteiger charge is 2.37. The second-order valence-corrected chi connectivity index (χ2v) is 8.87. The van der Waals surface area contributed by atoms with Crippen molar-refractivity contribution in [3.63, 3.8) is 0 Å². The zero-order chi connectivity index (χ0) is 14.0.